The van der Waals surface area contributed by atoms with Crippen LogP contribution in [0, 0.1) is 5.82 Å². The van der Waals surface area contributed by atoms with E-state index >= 15 is 0 Å². The van der Waals surface area contributed by atoms with Crippen LogP contribution < -0.4 is 0 Å². The molecule has 4 aromatic rings. The van der Waals surface area contributed by atoms with Gasteiger partial charge in [0, 0.05) is 28.6 Å². The summed E-state index contributed by atoms with van der Waals surface area (Å²) < 4.78 is 48.2. The van der Waals surface area contributed by atoms with Gasteiger partial charge in [-0.1, -0.05) is 49.7 Å². The smallest absolute Gasteiger partial charge is 0.330 e. The first kappa shape index (κ1) is 21.7. The zero-order valence-electron chi connectivity index (χ0n) is 17.4. The number of unbranched alkanes of at least 4 members (excludes halogenated alkanes) is 1. The number of hydrogen-bond acceptors (Lipinski definition) is 5. The van der Waals surface area contributed by atoms with E-state index in [0.29, 0.717) is 22.9 Å². The van der Waals surface area contributed by atoms with Crippen LogP contribution >= 0.6 is 0 Å². The molecule has 2 aromatic heterocycles. The lowest BCUT2D eigenvalue weighted by Crippen LogP contribution is -2.15. The number of rotatable bonds is 7. The Morgan fingerprint density at radius 2 is 1.81 bits per heavy atom. The summed E-state index contributed by atoms with van der Waals surface area (Å²) in [6.07, 6.45) is 5.75. The number of halogens is 1. The summed E-state index contributed by atoms with van der Waals surface area (Å²) in [5.74, 6) is -1.20. The third-order valence-corrected chi connectivity index (χ3v) is 6.65. The van der Waals surface area contributed by atoms with Gasteiger partial charge in [-0.25, -0.2) is 18.1 Å². The van der Waals surface area contributed by atoms with Gasteiger partial charge in [-0.3, -0.25) is 0 Å². The van der Waals surface area contributed by atoms with Gasteiger partial charge < -0.3 is 4.74 Å². The number of ether oxygens (including phenoxy) is 1. The van der Waals surface area contributed by atoms with E-state index in [1.165, 1.54) is 36.5 Å². The highest BCUT2D eigenvalue weighted by molar-refractivity contribution is 7.90. The predicted molar refractivity (Wildman–Crippen MR) is 121 cm³/mol. The minimum Gasteiger partial charge on any atom is -0.463 e. The summed E-state index contributed by atoms with van der Waals surface area (Å²) in [6, 6.07) is 14.0. The summed E-state index contributed by atoms with van der Waals surface area (Å²) in [7, 11) is -4.23. The van der Waals surface area contributed by atoms with E-state index in [1.807, 2.05) is 6.92 Å². The Morgan fingerprint density at radius 3 is 2.53 bits per heavy atom. The summed E-state index contributed by atoms with van der Waals surface area (Å²) in [5, 5.41) is 0.778. The Bertz CT molecular complexity index is 1430. The van der Waals surface area contributed by atoms with Crippen LogP contribution in [-0.4, -0.2) is 30.0 Å². The first-order valence-corrected chi connectivity index (χ1v) is 11.6. The SMILES string of the molecule is CCCCOC(=O)/C=C/c1cccc2c3cccc(F)c3n(S(=O)(=O)c3ccccn3)c12. The molecule has 0 amide bonds. The molecule has 0 spiro atoms. The summed E-state index contributed by atoms with van der Waals surface area (Å²) in [6.45, 7) is 2.30. The van der Waals surface area contributed by atoms with Gasteiger partial charge in [0.2, 0.25) is 0 Å². The second-order valence-electron chi connectivity index (χ2n) is 7.17. The van der Waals surface area contributed by atoms with Gasteiger partial charge in [0.15, 0.2) is 5.03 Å². The number of esters is 1. The van der Waals surface area contributed by atoms with Crippen LogP contribution in [0.15, 0.2) is 71.9 Å². The zero-order chi connectivity index (χ0) is 22.7. The maximum Gasteiger partial charge on any atom is 0.330 e. The zero-order valence-corrected chi connectivity index (χ0v) is 18.2. The monoisotopic (exact) mass is 452 g/mol. The fourth-order valence-corrected chi connectivity index (χ4v) is 5.05. The fourth-order valence-electron chi connectivity index (χ4n) is 3.55. The Balaban J connectivity index is 1.97. The maximum absolute atomic E-state index is 15.0. The van der Waals surface area contributed by atoms with E-state index in [2.05, 4.69) is 4.98 Å². The third kappa shape index (κ3) is 3.89. The quantitative estimate of drug-likeness (QED) is 0.226. The lowest BCUT2D eigenvalue weighted by atomic mass is 10.1. The van der Waals surface area contributed by atoms with Crippen LogP contribution in [0.25, 0.3) is 27.9 Å². The molecule has 0 radical (unpaired) electrons. The molecule has 0 unspecified atom stereocenters. The standard InChI is InChI=1S/C24H21FN2O4S/c1-2-3-16-31-22(28)14-13-17-8-6-9-18-19-10-7-11-20(25)24(19)27(23(17)18)32(29,30)21-12-4-5-15-26-21/h4-15H,2-3,16H2,1H3/b14-13+. The number of carbonyl (C=O) groups excluding carboxylic acids is 1. The van der Waals surface area contributed by atoms with Gasteiger partial charge in [0.25, 0.3) is 10.0 Å². The van der Waals surface area contributed by atoms with E-state index < -0.39 is 21.8 Å². The Morgan fingerprint density at radius 1 is 1.06 bits per heavy atom. The maximum atomic E-state index is 15.0. The lowest BCUT2D eigenvalue weighted by Gasteiger charge is -2.10. The van der Waals surface area contributed by atoms with Gasteiger partial charge in [0.05, 0.1) is 12.1 Å². The number of hydrogen-bond donors (Lipinski definition) is 0. The molecule has 0 N–H and O–H groups in total. The second-order valence-corrected chi connectivity index (χ2v) is 8.90. The van der Waals surface area contributed by atoms with Crippen molar-refractivity contribution >= 4 is 43.9 Å². The van der Waals surface area contributed by atoms with Crippen molar-refractivity contribution in [2.75, 3.05) is 6.61 Å². The van der Waals surface area contributed by atoms with Crippen LogP contribution in [0.2, 0.25) is 0 Å². The van der Waals surface area contributed by atoms with Crippen molar-refractivity contribution in [1.29, 1.82) is 0 Å². The van der Waals surface area contributed by atoms with Crippen molar-refractivity contribution in [2.24, 2.45) is 0 Å². The van der Waals surface area contributed by atoms with Crippen LogP contribution in [0.1, 0.15) is 25.3 Å². The third-order valence-electron chi connectivity index (χ3n) is 5.03. The van der Waals surface area contributed by atoms with Crippen molar-refractivity contribution in [3.05, 3.63) is 78.3 Å². The van der Waals surface area contributed by atoms with Gasteiger partial charge in [-0.2, -0.15) is 8.42 Å². The molecule has 2 aromatic carbocycles. The van der Waals surface area contributed by atoms with Crippen LogP contribution in [0.3, 0.4) is 0 Å². The molecule has 6 nitrogen and oxygen atoms in total. The van der Waals surface area contributed by atoms with Crippen molar-refractivity contribution in [3.63, 3.8) is 0 Å². The van der Waals surface area contributed by atoms with E-state index in [-0.39, 0.29) is 16.1 Å². The van der Waals surface area contributed by atoms with E-state index in [0.717, 1.165) is 16.8 Å². The lowest BCUT2D eigenvalue weighted by molar-refractivity contribution is -0.137. The van der Waals surface area contributed by atoms with E-state index in [9.17, 15) is 17.6 Å². The van der Waals surface area contributed by atoms with Crippen molar-refractivity contribution in [3.8, 4) is 0 Å². The summed E-state index contributed by atoms with van der Waals surface area (Å²) in [4.78, 5) is 16.0. The molecular formula is C24H21FN2O4S. The van der Waals surface area contributed by atoms with Crippen LogP contribution in [0.4, 0.5) is 4.39 Å². The molecule has 0 bridgehead atoms. The van der Waals surface area contributed by atoms with Gasteiger partial charge >= 0.3 is 5.97 Å². The summed E-state index contributed by atoms with van der Waals surface area (Å²) in [5.41, 5.74) is 0.625. The largest absolute Gasteiger partial charge is 0.463 e. The van der Waals surface area contributed by atoms with Gasteiger partial charge in [-0.15, -0.1) is 0 Å². The number of para-hydroxylation sites is 2. The number of pyridine rings is 1. The fraction of sp³-hybridized carbons (Fsp3) is 0.167. The van der Waals surface area contributed by atoms with E-state index in [4.69, 9.17) is 4.74 Å². The highest BCUT2D eigenvalue weighted by Gasteiger charge is 2.27. The minimum atomic E-state index is -4.23. The molecule has 0 saturated carbocycles. The summed E-state index contributed by atoms with van der Waals surface area (Å²) >= 11 is 0. The Hall–Kier alpha value is -3.52. The highest BCUT2D eigenvalue weighted by Crippen LogP contribution is 2.35. The predicted octanol–water partition coefficient (Wildman–Crippen LogP) is 4.92. The molecule has 0 aliphatic carbocycles. The van der Waals surface area contributed by atoms with Crippen LogP contribution in [-0.2, 0) is 19.6 Å². The molecule has 0 atom stereocenters. The van der Waals surface area contributed by atoms with Gasteiger partial charge in [0.1, 0.15) is 11.3 Å². The topological polar surface area (TPSA) is 78.3 Å². The molecular weight excluding hydrogens is 431 g/mol. The Kier molecular flexibility index (Phi) is 6.05. The minimum absolute atomic E-state index is 0.0699. The Labute approximate surface area is 185 Å². The normalized spacial score (nSPS) is 12.1. The van der Waals surface area contributed by atoms with Crippen molar-refractivity contribution in [2.45, 2.75) is 24.8 Å². The number of benzene rings is 2. The van der Waals surface area contributed by atoms with Crippen molar-refractivity contribution in [1.82, 2.24) is 8.96 Å². The van der Waals surface area contributed by atoms with Gasteiger partial charge in [-0.05, 0) is 30.7 Å². The molecule has 32 heavy (non-hydrogen) atoms. The number of fused-ring (bicyclic) bond motifs is 3. The molecule has 8 heteroatoms. The molecule has 0 fully saturated rings. The molecule has 0 aliphatic heterocycles. The number of aromatic nitrogens is 2. The average molecular weight is 453 g/mol. The number of carbonyl (C=O) groups is 1. The van der Waals surface area contributed by atoms with Crippen molar-refractivity contribution < 1.29 is 22.3 Å². The molecule has 4 rings (SSSR count). The number of nitrogens with zero attached hydrogens (tertiary/aromatic N) is 2. The highest BCUT2D eigenvalue weighted by atomic mass is 32.2. The average Bonchev–Trinajstić information content (AvgIpc) is 3.16. The van der Waals surface area contributed by atoms with E-state index in [1.54, 1.807) is 36.4 Å². The molecule has 0 aliphatic rings. The van der Waals surface area contributed by atoms with Crippen LogP contribution in [0.5, 0.6) is 0 Å². The second kappa shape index (κ2) is 8.92. The molecule has 164 valence electrons. The molecule has 0 saturated heterocycles. The first-order valence-electron chi connectivity index (χ1n) is 10.2. The molecule has 2 heterocycles. The first-order chi connectivity index (χ1) is 15.4.